The third-order valence-corrected chi connectivity index (χ3v) is 20.7. The van der Waals surface area contributed by atoms with E-state index in [0.29, 0.717) is 115 Å². The zero-order valence-corrected chi connectivity index (χ0v) is 52.2. The van der Waals surface area contributed by atoms with Gasteiger partial charge in [0.1, 0.15) is 5.69 Å². The van der Waals surface area contributed by atoms with Gasteiger partial charge in [0.25, 0.3) is 28.5 Å². The molecule has 87 heavy (non-hydrogen) atoms. The van der Waals surface area contributed by atoms with Gasteiger partial charge in [-0.15, -0.1) is 11.3 Å². The van der Waals surface area contributed by atoms with E-state index in [4.69, 9.17) is 0 Å². The standard InChI is InChI=1S/C26H25N3O4S2.C21H22N4O4S.C15H19N3O3S/c1-18-9-11-19(12-10-18)35(32,33)24-23(20-6-3-4-7-21(20)27(2)26(24)31)28-13-15-29(16-14-28)25(30)22-8-5-17-34-22;1-23-17-9-4-3-7-15(17)18(19(21(23)27)30(2,28)29)24-11-13-25(14-12-24)20(26)16-8-5-6-10-22-16;1-17-12-6-4-3-5-11(12)13(18-9-7-16-8-10-18)14(15(17)19)22(2,20)21/h3-12,17H,13-16H2,1-2H3;3-10H,11-14H2,1-2H3;3-6,16H,7-10H2,1-2H3. The highest BCUT2D eigenvalue weighted by Gasteiger charge is 2.35. The molecule has 0 radical (unpaired) electrons. The molecule has 5 aromatic heterocycles. The van der Waals surface area contributed by atoms with Crippen LogP contribution in [0.1, 0.15) is 25.7 Å². The molecule has 0 atom stereocenters. The predicted molar refractivity (Wildman–Crippen MR) is 340 cm³/mol. The number of aromatic nitrogens is 4. The van der Waals surface area contributed by atoms with E-state index < -0.39 is 46.2 Å². The quantitative estimate of drug-likeness (QED) is 0.191. The van der Waals surface area contributed by atoms with Crippen molar-refractivity contribution in [3.05, 3.63) is 186 Å². The monoisotopic (exact) mass is 1250 g/mol. The maximum atomic E-state index is 13.9. The third kappa shape index (κ3) is 12.3. The number of benzene rings is 4. The molecule has 21 nitrogen and oxygen atoms in total. The number of pyridine rings is 4. The lowest BCUT2D eigenvalue weighted by atomic mass is 10.1. The summed E-state index contributed by atoms with van der Waals surface area (Å²) in [6.07, 6.45) is 3.74. The van der Waals surface area contributed by atoms with Crippen molar-refractivity contribution in [2.75, 3.05) is 106 Å². The van der Waals surface area contributed by atoms with Crippen LogP contribution < -0.4 is 36.7 Å². The fraction of sp³-hybridized carbons (Fsp3) is 0.290. The smallest absolute Gasteiger partial charge is 0.272 e. The number of aryl methyl sites for hydroxylation is 4. The summed E-state index contributed by atoms with van der Waals surface area (Å²) in [4.78, 5) is 78.3. The van der Waals surface area contributed by atoms with Gasteiger partial charge in [-0.3, -0.25) is 29.0 Å². The second kappa shape index (κ2) is 25.1. The van der Waals surface area contributed by atoms with Crippen molar-refractivity contribution in [3.8, 4) is 0 Å². The number of nitrogens with one attached hydrogen (secondary N) is 1. The lowest BCUT2D eigenvalue weighted by molar-refractivity contribution is 0.0737. The maximum Gasteiger partial charge on any atom is 0.272 e. The van der Waals surface area contributed by atoms with E-state index in [1.165, 1.54) is 25.0 Å². The minimum absolute atomic E-state index is 0.0269. The number of nitrogens with zero attached hydrogens (tertiary/aromatic N) is 9. The van der Waals surface area contributed by atoms with E-state index in [0.717, 1.165) is 42.1 Å². The number of carbonyl (C=O) groups excluding carboxylic acids is 2. The summed E-state index contributed by atoms with van der Waals surface area (Å²) >= 11 is 1.40. The van der Waals surface area contributed by atoms with Crippen molar-refractivity contribution in [3.63, 3.8) is 0 Å². The molecule has 2 amide bonds. The second-order valence-electron chi connectivity index (χ2n) is 21.5. The van der Waals surface area contributed by atoms with Crippen LogP contribution in [-0.2, 0) is 50.7 Å². The van der Waals surface area contributed by atoms with Crippen LogP contribution in [-0.4, -0.2) is 157 Å². The van der Waals surface area contributed by atoms with Crippen molar-refractivity contribution in [1.82, 2.24) is 33.8 Å². The van der Waals surface area contributed by atoms with Crippen molar-refractivity contribution in [2.24, 2.45) is 21.1 Å². The zero-order chi connectivity index (χ0) is 62.1. The zero-order valence-electron chi connectivity index (χ0n) is 48.9. The first-order valence-corrected chi connectivity index (χ1v) is 34.2. The molecule has 0 saturated carbocycles. The van der Waals surface area contributed by atoms with Crippen LogP contribution in [0.25, 0.3) is 32.7 Å². The topological polar surface area (TPSA) is 244 Å². The van der Waals surface area contributed by atoms with Gasteiger partial charge in [0.05, 0.1) is 43.4 Å². The Morgan fingerprint density at radius 1 is 0.471 bits per heavy atom. The largest absolute Gasteiger partial charge is 0.367 e. The summed E-state index contributed by atoms with van der Waals surface area (Å²) in [6.45, 7) is 8.14. The minimum atomic E-state index is -4.10. The van der Waals surface area contributed by atoms with Gasteiger partial charge in [0.15, 0.2) is 34.4 Å². The van der Waals surface area contributed by atoms with Gasteiger partial charge in [0.2, 0.25) is 9.84 Å². The van der Waals surface area contributed by atoms with E-state index in [9.17, 15) is 49.2 Å². The molecule has 0 aliphatic carbocycles. The van der Waals surface area contributed by atoms with Gasteiger partial charge < -0.3 is 43.5 Å². The lowest BCUT2D eigenvalue weighted by Gasteiger charge is -2.37. The molecule has 9 aromatic rings. The fourth-order valence-electron chi connectivity index (χ4n) is 11.4. The molecule has 4 aromatic carbocycles. The number of sulfone groups is 3. The number of fused-ring (bicyclic) bond motifs is 3. The average molecular weight is 1260 g/mol. The molecule has 0 spiro atoms. The Morgan fingerprint density at radius 3 is 1.29 bits per heavy atom. The van der Waals surface area contributed by atoms with Crippen LogP contribution in [0.3, 0.4) is 0 Å². The van der Waals surface area contributed by atoms with E-state index in [2.05, 4.69) is 10.3 Å². The van der Waals surface area contributed by atoms with Crippen molar-refractivity contribution in [1.29, 1.82) is 0 Å². The van der Waals surface area contributed by atoms with E-state index in [-0.39, 0.29) is 31.4 Å². The van der Waals surface area contributed by atoms with Gasteiger partial charge in [-0.1, -0.05) is 84.4 Å². The molecule has 8 heterocycles. The number of piperazine rings is 3. The molecule has 12 rings (SSSR count). The van der Waals surface area contributed by atoms with E-state index in [1.807, 2.05) is 99.8 Å². The molecule has 454 valence electrons. The first kappa shape index (κ1) is 61.6. The summed E-state index contributed by atoms with van der Waals surface area (Å²) in [5.41, 5.74) is 3.18. The van der Waals surface area contributed by atoms with Crippen LogP contribution >= 0.6 is 11.3 Å². The second-order valence-corrected chi connectivity index (χ2v) is 28.3. The number of para-hydroxylation sites is 3. The first-order chi connectivity index (χ1) is 41.5. The molecular weight excluding hydrogens is 1190 g/mol. The van der Waals surface area contributed by atoms with Crippen LogP contribution in [0.2, 0.25) is 0 Å². The molecule has 3 fully saturated rings. The molecule has 3 saturated heterocycles. The average Bonchev–Trinajstić information content (AvgIpc) is 1.48. The van der Waals surface area contributed by atoms with E-state index >= 15 is 0 Å². The van der Waals surface area contributed by atoms with Crippen LogP contribution in [0.4, 0.5) is 17.1 Å². The Kier molecular flexibility index (Phi) is 17.8. The number of hydrogen-bond acceptors (Lipinski definition) is 17. The van der Waals surface area contributed by atoms with Gasteiger partial charge in [-0.05, 0) is 60.8 Å². The highest BCUT2D eigenvalue weighted by Crippen LogP contribution is 2.37. The number of rotatable bonds is 9. The van der Waals surface area contributed by atoms with E-state index in [1.54, 1.807) is 91.7 Å². The molecule has 3 aliphatic heterocycles. The molecular formula is C62H66N10O11S4. The number of anilines is 3. The SMILES string of the molecule is Cc1ccc(S(=O)(=O)c2c(N3CCN(C(=O)c4cccs4)CC3)c3ccccc3n(C)c2=O)cc1.Cn1c(=O)c(S(C)(=O)=O)c(N2CCN(C(=O)c3ccccn3)CC2)c2ccccc21.Cn1c(=O)c(S(C)(=O)=O)c(N2CCNCC2)c2ccccc21. The van der Waals surface area contributed by atoms with Crippen molar-refractivity contribution < 1.29 is 34.8 Å². The lowest BCUT2D eigenvalue weighted by Crippen LogP contribution is -2.49. The summed E-state index contributed by atoms with van der Waals surface area (Å²) < 4.78 is 81.5. The van der Waals surface area contributed by atoms with Crippen LogP contribution in [0.15, 0.2) is 173 Å². The predicted octanol–water partition coefficient (Wildman–Crippen LogP) is 5.35. The molecule has 0 bridgehead atoms. The number of amides is 2. The molecule has 25 heteroatoms. The summed E-state index contributed by atoms with van der Waals surface area (Å²) in [5.74, 6) is -0.187. The Labute approximate surface area is 507 Å². The summed E-state index contributed by atoms with van der Waals surface area (Å²) in [7, 11) is -6.70. The normalized spacial score (nSPS) is 15.0. The van der Waals surface area contributed by atoms with Gasteiger partial charge in [-0.2, -0.15) is 0 Å². The molecule has 3 aliphatic rings. The van der Waals surface area contributed by atoms with Crippen molar-refractivity contribution in [2.45, 2.75) is 26.5 Å². The summed E-state index contributed by atoms with van der Waals surface area (Å²) in [6, 6.07) is 37.4. The Hall–Kier alpha value is -8.49. The highest BCUT2D eigenvalue weighted by atomic mass is 32.2. The Morgan fingerprint density at radius 2 is 0.874 bits per heavy atom. The number of thiophene rings is 1. The summed E-state index contributed by atoms with van der Waals surface area (Å²) in [5, 5.41) is 7.30. The fourth-order valence-corrected chi connectivity index (χ4v) is 15.8. The van der Waals surface area contributed by atoms with Gasteiger partial charge in [0, 0.05) is 135 Å². The van der Waals surface area contributed by atoms with Crippen molar-refractivity contribution >= 4 is 102 Å². The van der Waals surface area contributed by atoms with Gasteiger partial charge >= 0.3 is 0 Å². The Balaban J connectivity index is 0.000000148. The Bertz CT molecular complexity index is 4650. The van der Waals surface area contributed by atoms with Gasteiger partial charge in [-0.25, -0.2) is 25.3 Å². The number of carbonyl (C=O) groups is 2. The minimum Gasteiger partial charge on any atom is -0.367 e. The molecule has 1 N–H and O–H groups in total. The van der Waals surface area contributed by atoms with Crippen LogP contribution in [0.5, 0.6) is 0 Å². The molecule has 0 unspecified atom stereocenters. The third-order valence-electron chi connectivity index (χ3n) is 15.9. The highest BCUT2D eigenvalue weighted by molar-refractivity contribution is 7.92. The maximum absolute atomic E-state index is 13.9. The first-order valence-electron chi connectivity index (χ1n) is 28.0. The number of hydrogen-bond donors (Lipinski definition) is 1. The van der Waals surface area contributed by atoms with Crippen LogP contribution in [0, 0.1) is 6.92 Å².